The molecule has 1 aromatic carbocycles. The molecule has 1 aliphatic heterocycles. The van der Waals surface area contributed by atoms with Crippen molar-refractivity contribution in [2.45, 2.75) is 48.1 Å². The summed E-state index contributed by atoms with van der Waals surface area (Å²) >= 11 is 1.49. The van der Waals surface area contributed by atoms with Gasteiger partial charge in [0.25, 0.3) is 5.91 Å². The Morgan fingerprint density at radius 2 is 2.07 bits per heavy atom. The van der Waals surface area contributed by atoms with E-state index in [1.807, 2.05) is 30.3 Å². The zero-order chi connectivity index (χ0) is 19.6. The van der Waals surface area contributed by atoms with Gasteiger partial charge in [0.1, 0.15) is 11.4 Å². The number of carbonyl (C=O) groups is 1. The number of benzene rings is 1. The lowest BCUT2D eigenvalue weighted by Crippen LogP contribution is -2.36. The largest absolute Gasteiger partial charge is 0.349 e. The molecule has 3 heterocycles. The van der Waals surface area contributed by atoms with Crippen LogP contribution >= 0.6 is 11.8 Å². The average Bonchev–Trinajstić information content (AvgIpc) is 3.16. The van der Waals surface area contributed by atoms with Gasteiger partial charge < -0.3 is 5.32 Å². The summed E-state index contributed by atoms with van der Waals surface area (Å²) in [4.78, 5) is 22.8. The molecule has 1 saturated carbocycles. The van der Waals surface area contributed by atoms with Crippen LogP contribution in [0.4, 0.5) is 5.69 Å². The molecule has 0 unspecified atom stereocenters. The maximum atomic E-state index is 12.8. The summed E-state index contributed by atoms with van der Waals surface area (Å²) in [5.74, 6) is -0.0367. The maximum absolute atomic E-state index is 12.8. The number of amides is 1. The van der Waals surface area contributed by atoms with Gasteiger partial charge in [-0.15, -0.1) is 5.10 Å². The lowest BCUT2D eigenvalue weighted by molar-refractivity contribution is 0.0927. The number of nitrogens with zero attached hydrogens (tertiary/aromatic N) is 4. The first-order valence-electron chi connectivity index (χ1n) is 9.81. The van der Waals surface area contributed by atoms with E-state index in [-0.39, 0.29) is 11.9 Å². The van der Waals surface area contributed by atoms with Crippen molar-refractivity contribution in [3.05, 3.63) is 59.5 Å². The standard InChI is InChI=1S/C21H20N6OS/c28-20(23-15-6-2-1-3-7-15)13-8-9-17-16(11-13)24-18(14-5-4-10-22-12-14)19-21(29-17)26-27-25-19/h4-5,8-12,15H,1-3,6-7H2,(H,23,28)(H,25,26,27). The molecule has 1 aliphatic carbocycles. The smallest absolute Gasteiger partial charge is 0.251 e. The first-order valence-corrected chi connectivity index (χ1v) is 10.6. The number of rotatable bonds is 3. The van der Waals surface area contributed by atoms with E-state index < -0.39 is 0 Å². The van der Waals surface area contributed by atoms with E-state index >= 15 is 0 Å². The third kappa shape index (κ3) is 3.67. The number of H-pyrrole nitrogens is 1. The van der Waals surface area contributed by atoms with Crippen molar-refractivity contribution >= 4 is 29.1 Å². The topological polar surface area (TPSA) is 95.9 Å². The van der Waals surface area contributed by atoms with Crippen LogP contribution in [0.15, 0.2) is 57.6 Å². The summed E-state index contributed by atoms with van der Waals surface area (Å²) in [7, 11) is 0. The molecule has 3 aromatic rings. The van der Waals surface area contributed by atoms with Crippen molar-refractivity contribution in [1.82, 2.24) is 25.7 Å². The van der Waals surface area contributed by atoms with E-state index in [9.17, 15) is 4.79 Å². The lowest BCUT2D eigenvalue weighted by Gasteiger charge is -2.22. The summed E-state index contributed by atoms with van der Waals surface area (Å²) in [6.07, 6.45) is 9.23. The van der Waals surface area contributed by atoms with Gasteiger partial charge in [0, 0.05) is 34.5 Å². The fraction of sp³-hybridized carbons (Fsp3) is 0.286. The molecule has 0 bridgehead atoms. The van der Waals surface area contributed by atoms with E-state index in [2.05, 4.69) is 25.7 Å². The minimum absolute atomic E-state index is 0.0367. The predicted octanol–water partition coefficient (Wildman–Crippen LogP) is 3.90. The number of aromatic nitrogens is 4. The first-order chi connectivity index (χ1) is 14.3. The Morgan fingerprint density at radius 3 is 2.90 bits per heavy atom. The van der Waals surface area contributed by atoms with Crippen molar-refractivity contribution < 1.29 is 4.79 Å². The predicted molar refractivity (Wildman–Crippen MR) is 111 cm³/mol. The number of nitrogens with one attached hydrogen (secondary N) is 2. The van der Waals surface area contributed by atoms with Gasteiger partial charge in [-0.05, 0) is 43.2 Å². The Kier molecular flexibility index (Phi) is 4.85. The minimum atomic E-state index is -0.0367. The van der Waals surface area contributed by atoms with Crippen LogP contribution < -0.4 is 5.32 Å². The molecule has 0 saturated heterocycles. The molecule has 1 fully saturated rings. The quantitative estimate of drug-likeness (QED) is 0.540. The van der Waals surface area contributed by atoms with Gasteiger partial charge in [-0.2, -0.15) is 0 Å². The fourth-order valence-electron chi connectivity index (χ4n) is 3.78. The molecule has 29 heavy (non-hydrogen) atoms. The number of hydrogen-bond donors (Lipinski definition) is 2. The van der Waals surface area contributed by atoms with Crippen LogP contribution in [0.25, 0.3) is 0 Å². The number of aromatic amines is 1. The van der Waals surface area contributed by atoms with Crippen LogP contribution in [0.3, 0.4) is 0 Å². The van der Waals surface area contributed by atoms with E-state index in [4.69, 9.17) is 4.99 Å². The number of aliphatic imine (C=N–C) groups is 1. The van der Waals surface area contributed by atoms with Crippen molar-refractivity contribution in [3.8, 4) is 0 Å². The van der Waals surface area contributed by atoms with Gasteiger partial charge in [-0.3, -0.25) is 14.9 Å². The molecule has 0 atom stereocenters. The van der Waals surface area contributed by atoms with E-state index in [1.165, 1.54) is 31.0 Å². The molecular weight excluding hydrogens is 384 g/mol. The summed E-state index contributed by atoms with van der Waals surface area (Å²) in [6.45, 7) is 0. The van der Waals surface area contributed by atoms with Crippen LogP contribution in [0.5, 0.6) is 0 Å². The van der Waals surface area contributed by atoms with Crippen LogP contribution in [0.2, 0.25) is 0 Å². The third-order valence-corrected chi connectivity index (χ3v) is 6.33. The molecule has 0 radical (unpaired) electrons. The monoisotopic (exact) mass is 404 g/mol. The van der Waals surface area contributed by atoms with Crippen molar-refractivity contribution in [3.63, 3.8) is 0 Å². The number of pyridine rings is 1. The van der Waals surface area contributed by atoms with Crippen molar-refractivity contribution in [2.24, 2.45) is 4.99 Å². The summed E-state index contributed by atoms with van der Waals surface area (Å²) < 4.78 is 0. The normalized spacial score (nSPS) is 16.3. The highest BCUT2D eigenvalue weighted by Gasteiger charge is 2.23. The second-order valence-electron chi connectivity index (χ2n) is 7.29. The summed E-state index contributed by atoms with van der Waals surface area (Å²) in [6, 6.07) is 9.74. The lowest BCUT2D eigenvalue weighted by atomic mass is 9.95. The van der Waals surface area contributed by atoms with Gasteiger partial charge >= 0.3 is 0 Å². The highest BCUT2D eigenvalue weighted by atomic mass is 32.2. The summed E-state index contributed by atoms with van der Waals surface area (Å²) in [5.41, 5.74) is 3.71. The Labute approximate surface area is 172 Å². The second kappa shape index (κ2) is 7.79. The third-order valence-electron chi connectivity index (χ3n) is 5.29. The zero-order valence-electron chi connectivity index (χ0n) is 15.8. The Morgan fingerprint density at radius 1 is 1.17 bits per heavy atom. The van der Waals surface area contributed by atoms with Gasteiger partial charge in [0.15, 0.2) is 5.03 Å². The van der Waals surface area contributed by atoms with Gasteiger partial charge in [-0.1, -0.05) is 36.2 Å². The Bertz CT molecular complexity index is 1070. The summed E-state index contributed by atoms with van der Waals surface area (Å²) in [5, 5.41) is 15.0. The minimum Gasteiger partial charge on any atom is -0.349 e. The van der Waals surface area contributed by atoms with Gasteiger partial charge in [0.05, 0.1) is 5.69 Å². The van der Waals surface area contributed by atoms with Crippen LogP contribution in [0.1, 0.15) is 53.7 Å². The SMILES string of the molecule is O=C(NC1CCCCC1)c1ccc2c(c1)N=C(c1cccnc1)c1[nH]nnc1S2. The highest BCUT2D eigenvalue weighted by molar-refractivity contribution is 7.99. The molecule has 5 rings (SSSR count). The van der Waals surface area contributed by atoms with E-state index in [0.717, 1.165) is 39.7 Å². The average molecular weight is 404 g/mol. The number of hydrogen-bond acceptors (Lipinski definition) is 6. The van der Waals surface area contributed by atoms with E-state index in [0.29, 0.717) is 11.3 Å². The molecule has 2 aliphatic rings. The number of carbonyl (C=O) groups excluding carboxylic acids is 1. The van der Waals surface area contributed by atoms with Crippen molar-refractivity contribution in [1.29, 1.82) is 0 Å². The molecule has 0 spiro atoms. The van der Waals surface area contributed by atoms with Crippen LogP contribution in [-0.4, -0.2) is 38.1 Å². The van der Waals surface area contributed by atoms with E-state index in [1.54, 1.807) is 12.4 Å². The maximum Gasteiger partial charge on any atom is 0.251 e. The Hall–Kier alpha value is -3.00. The molecular formula is C21H20N6OS. The molecule has 146 valence electrons. The Balaban J connectivity index is 1.51. The molecule has 7 nitrogen and oxygen atoms in total. The first kappa shape index (κ1) is 18.1. The van der Waals surface area contributed by atoms with Gasteiger partial charge in [0.2, 0.25) is 0 Å². The molecule has 8 heteroatoms. The second-order valence-corrected chi connectivity index (χ2v) is 8.32. The van der Waals surface area contributed by atoms with Crippen molar-refractivity contribution in [2.75, 3.05) is 0 Å². The van der Waals surface area contributed by atoms with Gasteiger partial charge in [-0.25, -0.2) is 4.99 Å². The molecule has 2 aromatic heterocycles. The highest BCUT2D eigenvalue weighted by Crippen LogP contribution is 2.40. The fourth-order valence-corrected chi connectivity index (χ4v) is 4.66. The van der Waals surface area contributed by atoms with Crippen LogP contribution in [0, 0.1) is 0 Å². The molecule has 1 amide bonds. The number of fused-ring (bicyclic) bond motifs is 2. The zero-order valence-corrected chi connectivity index (χ0v) is 16.6. The molecule has 2 N–H and O–H groups in total. The van der Waals surface area contributed by atoms with Crippen LogP contribution in [-0.2, 0) is 0 Å².